The van der Waals surface area contributed by atoms with Crippen LogP contribution in [0.25, 0.3) is 0 Å². The maximum absolute atomic E-state index is 12.7. The molecule has 2 aromatic rings. The van der Waals surface area contributed by atoms with Crippen LogP contribution in [0, 0.1) is 6.92 Å². The molecule has 2 fully saturated rings. The molecule has 0 aliphatic carbocycles. The molecule has 10 nitrogen and oxygen atoms in total. The normalized spacial score (nSPS) is 18.5. The molecule has 3 aliphatic rings. The van der Waals surface area contributed by atoms with Crippen molar-refractivity contribution in [3.63, 3.8) is 0 Å². The van der Waals surface area contributed by atoms with Crippen molar-refractivity contribution in [2.75, 3.05) is 49.8 Å². The third-order valence-electron chi connectivity index (χ3n) is 5.74. The average Bonchev–Trinajstić information content (AvgIpc) is 3.21. The van der Waals surface area contributed by atoms with Crippen molar-refractivity contribution in [3.05, 3.63) is 46.6 Å². The van der Waals surface area contributed by atoms with Gasteiger partial charge in [0.2, 0.25) is 5.95 Å². The first-order valence-electron chi connectivity index (χ1n) is 10.9. The van der Waals surface area contributed by atoms with Crippen LogP contribution >= 0.6 is 0 Å². The third-order valence-corrected chi connectivity index (χ3v) is 5.74. The summed E-state index contributed by atoms with van der Waals surface area (Å²) in [5.74, 6) is 1.26. The molecular formula is C22H27N7O3. The number of aryl methyl sites for hydroxylation is 1. The maximum atomic E-state index is 12.7. The number of urea groups is 1. The summed E-state index contributed by atoms with van der Waals surface area (Å²) in [6.45, 7) is 6.90. The Hall–Kier alpha value is -3.24. The Kier molecular flexibility index (Phi) is 5.87. The summed E-state index contributed by atoms with van der Waals surface area (Å²) >= 11 is 0. The predicted molar refractivity (Wildman–Crippen MR) is 120 cm³/mol. The quantitative estimate of drug-likeness (QED) is 0.539. The fourth-order valence-electron chi connectivity index (χ4n) is 3.97. The van der Waals surface area contributed by atoms with Crippen molar-refractivity contribution in [1.82, 2.24) is 20.2 Å². The Bertz CT molecular complexity index is 1020. The van der Waals surface area contributed by atoms with Crippen molar-refractivity contribution < 1.29 is 14.3 Å². The lowest BCUT2D eigenvalue weighted by Crippen LogP contribution is -2.52. The summed E-state index contributed by atoms with van der Waals surface area (Å²) in [5.41, 5.74) is 6.96. The molecule has 0 bridgehead atoms. The first-order chi connectivity index (χ1) is 15.7. The van der Waals surface area contributed by atoms with Crippen LogP contribution in [0.15, 0.2) is 29.4 Å². The van der Waals surface area contributed by atoms with E-state index in [0.717, 1.165) is 35.7 Å². The molecule has 2 amide bonds. The first kappa shape index (κ1) is 20.7. The number of fused-ring (bicyclic) bond motifs is 1. The van der Waals surface area contributed by atoms with Gasteiger partial charge in [-0.15, -0.1) is 0 Å². The molecule has 2 N–H and O–H groups in total. The van der Waals surface area contributed by atoms with Gasteiger partial charge in [-0.1, -0.05) is 29.8 Å². The van der Waals surface area contributed by atoms with Crippen molar-refractivity contribution in [3.8, 4) is 0 Å². The zero-order valence-corrected chi connectivity index (χ0v) is 18.1. The second-order valence-electron chi connectivity index (χ2n) is 8.22. The number of amides is 2. The summed E-state index contributed by atoms with van der Waals surface area (Å²) in [6, 6.07) is 8.07. The van der Waals surface area contributed by atoms with Crippen LogP contribution in [0.5, 0.6) is 0 Å². The van der Waals surface area contributed by atoms with Gasteiger partial charge >= 0.3 is 6.03 Å². The van der Waals surface area contributed by atoms with E-state index in [0.29, 0.717) is 45.5 Å². The molecule has 0 saturated carbocycles. The van der Waals surface area contributed by atoms with E-state index in [4.69, 9.17) is 14.5 Å². The van der Waals surface area contributed by atoms with Crippen LogP contribution < -0.4 is 15.6 Å². The van der Waals surface area contributed by atoms with E-state index in [-0.39, 0.29) is 12.1 Å². The fraction of sp³-hybridized carbons (Fsp3) is 0.455. The number of ether oxygens (including phenoxy) is 2. The third kappa shape index (κ3) is 4.51. The van der Waals surface area contributed by atoms with Gasteiger partial charge in [-0.2, -0.15) is 10.1 Å². The number of carbonyl (C=O) groups excluding carboxylic acids is 1. The molecule has 10 heteroatoms. The summed E-state index contributed by atoms with van der Waals surface area (Å²) < 4.78 is 10.7. The Morgan fingerprint density at radius 3 is 2.78 bits per heavy atom. The smallest absolute Gasteiger partial charge is 0.318 e. The Morgan fingerprint density at radius 2 is 2.03 bits per heavy atom. The van der Waals surface area contributed by atoms with Crippen LogP contribution in [0.4, 0.5) is 16.6 Å². The van der Waals surface area contributed by atoms with Crippen molar-refractivity contribution in [1.29, 1.82) is 0 Å². The van der Waals surface area contributed by atoms with Crippen molar-refractivity contribution in [2.24, 2.45) is 5.10 Å². The lowest BCUT2D eigenvalue weighted by atomic mass is 10.2. The minimum Gasteiger partial charge on any atom is -0.378 e. The molecule has 2 saturated heterocycles. The summed E-state index contributed by atoms with van der Waals surface area (Å²) in [6.07, 6.45) is 1.75. The number of anilines is 2. The molecule has 3 aliphatic heterocycles. The van der Waals surface area contributed by atoms with Gasteiger partial charge in [0.05, 0.1) is 57.5 Å². The SMILES string of the molecule is Cc1cccc(/C=N/Nc2nc3c(c(N4CCOCC4)n2)CN(C(=O)NC2COC2)C3)c1. The average molecular weight is 438 g/mol. The molecular weight excluding hydrogens is 410 g/mol. The minimum atomic E-state index is -0.101. The monoisotopic (exact) mass is 437 g/mol. The highest BCUT2D eigenvalue weighted by Gasteiger charge is 2.32. The molecule has 1 aromatic carbocycles. The van der Waals surface area contributed by atoms with E-state index >= 15 is 0 Å². The molecule has 0 atom stereocenters. The van der Waals surface area contributed by atoms with E-state index in [9.17, 15) is 4.79 Å². The van der Waals surface area contributed by atoms with Gasteiger partial charge in [0.1, 0.15) is 5.82 Å². The first-order valence-corrected chi connectivity index (χ1v) is 10.9. The molecule has 0 unspecified atom stereocenters. The molecule has 0 radical (unpaired) electrons. The maximum Gasteiger partial charge on any atom is 0.318 e. The number of aromatic nitrogens is 2. The van der Waals surface area contributed by atoms with Gasteiger partial charge in [0.25, 0.3) is 0 Å². The van der Waals surface area contributed by atoms with Crippen LogP contribution in [0.1, 0.15) is 22.4 Å². The zero-order valence-electron chi connectivity index (χ0n) is 18.1. The summed E-state index contributed by atoms with van der Waals surface area (Å²) in [5, 5.41) is 7.33. The van der Waals surface area contributed by atoms with Gasteiger partial charge in [-0.05, 0) is 12.5 Å². The van der Waals surface area contributed by atoms with Crippen LogP contribution in [-0.2, 0) is 22.6 Å². The lowest BCUT2D eigenvalue weighted by Gasteiger charge is -2.30. The van der Waals surface area contributed by atoms with E-state index in [1.807, 2.05) is 25.1 Å². The van der Waals surface area contributed by atoms with Gasteiger partial charge in [0, 0.05) is 18.7 Å². The van der Waals surface area contributed by atoms with E-state index in [1.54, 1.807) is 11.1 Å². The van der Waals surface area contributed by atoms with Gasteiger partial charge < -0.3 is 24.6 Å². The Balaban J connectivity index is 1.36. The largest absolute Gasteiger partial charge is 0.378 e. The number of hydrogen-bond donors (Lipinski definition) is 2. The summed E-state index contributed by atoms with van der Waals surface area (Å²) in [7, 11) is 0. The molecule has 4 heterocycles. The molecule has 168 valence electrons. The number of benzene rings is 1. The number of nitrogens with one attached hydrogen (secondary N) is 2. The molecule has 1 aromatic heterocycles. The standard InChI is InChI=1S/C22H27N7O3/c1-15-3-2-4-16(9-15)10-23-27-21-25-19-12-29(22(30)24-17-13-32-14-17)11-18(19)20(26-21)28-5-7-31-8-6-28/h2-4,9-10,17H,5-8,11-14H2,1H3,(H,24,30)(H,25,26,27)/b23-10+. The van der Waals surface area contributed by atoms with E-state index in [2.05, 4.69) is 31.8 Å². The number of morpholine rings is 1. The van der Waals surface area contributed by atoms with E-state index in [1.165, 1.54) is 5.56 Å². The van der Waals surface area contributed by atoms with Gasteiger partial charge in [-0.3, -0.25) is 0 Å². The Labute approximate surface area is 186 Å². The van der Waals surface area contributed by atoms with Crippen LogP contribution in [-0.4, -0.2) is 72.7 Å². The van der Waals surface area contributed by atoms with Crippen molar-refractivity contribution in [2.45, 2.75) is 26.1 Å². The lowest BCUT2D eigenvalue weighted by molar-refractivity contribution is -0.00211. The number of hydrazone groups is 1. The topological polar surface area (TPSA) is 104 Å². The highest BCUT2D eigenvalue weighted by Crippen LogP contribution is 2.31. The van der Waals surface area contributed by atoms with Gasteiger partial charge in [0.15, 0.2) is 0 Å². The highest BCUT2D eigenvalue weighted by molar-refractivity contribution is 5.80. The second kappa shape index (κ2) is 9.09. The van der Waals surface area contributed by atoms with Gasteiger partial charge in [-0.25, -0.2) is 15.2 Å². The predicted octanol–water partition coefficient (Wildman–Crippen LogP) is 1.49. The molecule has 5 rings (SSSR count). The van der Waals surface area contributed by atoms with Crippen LogP contribution in [0.3, 0.4) is 0 Å². The molecule has 32 heavy (non-hydrogen) atoms. The molecule has 0 spiro atoms. The number of hydrogen-bond acceptors (Lipinski definition) is 8. The number of rotatable bonds is 5. The van der Waals surface area contributed by atoms with Crippen molar-refractivity contribution >= 4 is 24.0 Å². The number of carbonyl (C=O) groups is 1. The minimum absolute atomic E-state index is 0.0872. The number of nitrogens with zero attached hydrogens (tertiary/aromatic N) is 5. The second-order valence-corrected chi connectivity index (χ2v) is 8.22. The fourth-order valence-corrected chi connectivity index (χ4v) is 3.97. The Morgan fingerprint density at radius 1 is 1.19 bits per heavy atom. The zero-order chi connectivity index (χ0) is 21.9. The highest BCUT2D eigenvalue weighted by atomic mass is 16.5. The van der Waals surface area contributed by atoms with Crippen LogP contribution in [0.2, 0.25) is 0 Å². The van der Waals surface area contributed by atoms with E-state index < -0.39 is 0 Å². The summed E-state index contributed by atoms with van der Waals surface area (Å²) in [4.78, 5) is 26.1.